The Labute approximate surface area is 144 Å². The molecule has 0 bridgehead atoms. The van der Waals surface area contributed by atoms with Crippen LogP contribution in [0, 0.1) is 5.92 Å². The van der Waals surface area contributed by atoms with Crippen molar-refractivity contribution in [2.45, 2.75) is 39.0 Å². The summed E-state index contributed by atoms with van der Waals surface area (Å²) in [6.45, 7) is 6.59. The summed E-state index contributed by atoms with van der Waals surface area (Å²) >= 11 is 0. The predicted octanol–water partition coefficient (Wildman–Crippen LogP) is 3.92. The van der Waals surface area contributed by atoms with Crippen LogP contribution in [0.3, 0.4) is 0 Å². The molecule has 140 valence electrons. The summed E-state index contributed by atoms with van der Waals surface area (Å²) in [7, 11) is 0. The monoisotopic (exact) mass is 360 g/mol. The molecule has 0 aliphatic carbocycles. The van der Waals surface area contributed by atoms with Gasteiger partial charge in [0.2, 0.25) is 0 Å². The third-order valence-corrected chi connectivity index (χ3v) is 3.75. The quantitative estimate of drug-likeness (QED) is 0.830. The minimum Gasteiger partial charge on any atom is -0.493 e. The lowest BCUT2D eigenvalue weighted by molar-refractivity contribution is -0.137. The SMILES string of the molecule is CC(C)(C)OC(=O)N1CCC(COc2ccc(N)c(C(F)(F)F)c2)C1. The second-order valence-corrected chi connectivity index (χ2v) is 7.14. The number of alkyl halides is 3. The first kappa shape index (κ1) is 19.2. The molecule has 1 atom stereocenters. The number of benzene rings is 1. The Balaban J connectivity index is 1.90. The molecule has 1 heterocycles. The number of nitrogen functional groups attached to an aromatic ring is 1. The summed E-state index contributed by atoms with van der Waals surface area (Å²) in [5.41, 5.74) is 3.55. The van der Waals surface area contributed by atoms with Crippen LogP contribution in [0.15, 0.2) is 18.2 Å². The molecule has 1 saturated heterocycles. The van der Waals surface area contributed by atoms with Gasteiger partial charge in [0.05, 0.1) is 12.2 Å². The third kappa shape index (κ3) is 5.44. The van der Waals surface area contributed by atoms with E-state index >= 15 is 0 Å². The van der Waals surface area contributed by atoms with E-state index < -0.39 is 17.3 Å². The standard InChI is InChI=1S/C17H23F3N2O3/c1-16(2,3)25-15(23)22-7-6-11(9-22)10-24-12-4-5-14(21)13(8-12)17(18,19)20/h4-5,8,11H,6-7,9-10,21H2,1-3H3. The van der Waals surface area contributed by atoms with Crippen LogP contribution < -0.4 is 10.5 Å². The minimum atomic E-state index is -4.52. The first-order valence-corrected chi connectivity index (χ1v) is 8.03. The van der Waals surface area contributed by atoms with Gasteiger partial charge in [0.15, 0.2) is 0 Å². The van der Waals surface area contributed by atoms with Gasteiger partial charge in [0.1, 0.15) is 11.4 Å². The zero-order chi connectivity index (χ0) is 18.8. The van der Waals surface area contributed by atoms with Gasteiger partial charge in [0, 0.05) is 24.7 Å². The third-order valence-electron chi connectivity index (χ3n) is 3.75. The number of halogens is 3. The summed E-state index contributed by atoms with van der Waals surface area (Å²) in [5, 5.41) is 0. The molecule has 1 aliphatic rings. The molecule has 0 radical (unpaired) electrons. The molecule has 0 spiro atoms. The number of anilines is 1. The summed E-state index contributed by atoms with van der Waals surface area (Å²) in [6.07, 6.45) is -4.20. The Morgan fingerprint density at radius 3 is 2.60 bits per heavy atom. The first-order chi connectivity index (χ1) is 11.5. The van der Waals surface area contributed by atoms with E-state index in [1.807, 2.05) is 0 Å². The van der Waals surface area contributed by atoms with Gasteiger partial charge in [-0.1, -0.05) is 0 Å². The van der Waals surface area contributed by atoms with Crippen molar-refractivity contribution in [1.82, 2.24) is 4.90 Å². The van der Waals surface area contributed by atoms with Gasteiger partial charge in [-0.2, -0.15) is 13.2 Å². The van der Waals surface area contributed by atoms with Crippen LogP contribution in [0.2, 0.25) is 0 Å². The zero-order valence-electron chi connectivity index (χ0n) is 14.5. The highest BCUT2D eigenvalue weighted by Crippen LogP contribution is 2.35. The molecule has 2 N–H and O–H groups in total. The van der Waals surface area contributed by atoms with Crippen molar-refractivity contribution in [3.05, 3.63) is 23.8 Å². The van der Waals surface area contributed by atoms with Gasteiger partial charge in [-0.3, -0.25) is 0 Å². The van der Waals surface area contributed by atoms with E-state index in [1.165, 1.54) is 12.1 Å². The van der Waals surface area contributed by atoms with E-state index in [0.29, 0.717) is 19.5 Å². The number of carbonyl (C=O) groups excluding carboxylic acids is 1. The van der Waals surface area contributed by atoms with Crippen LogP contribution in [0.4, 0.5) is 23.7 Å². The molecule has 1 amide bonds. The predicted molar refractivity (Wildman–Crippen MR) is 87.3 cm³/mol. The molecular formula is C17H23F3N2O3. The van der Waals surface area contributed by atoms with Gasteiger partial charge in [-0.25, -0.2) is 4.79 Å². The average molecular weight is 360 g/mol. The molecule has 1 aromatic carbocycles. The van der Waals surface area contributed by atoms with Crippen molar-refractivity contribution in [3.8, 4) is 5.75 Å². The van der Waals surface area contributed by atoms with Crippen LogP contribution in [-0.2, 0) is 10.9 Å². The van der Waals surface area contributed by atoms with Crippen molar-refractivity contribution >= 4 is 11.8 Å². The van der Waals surface area contributed by atoms with Gasteiger partial charge >= 0.3 is 12.3 Å². The van der Waals surface area contributed by atoms with Gasteiger partial charge in [0.25, 0.3) is 0 Å². The van der Waals surface area contributed by atoms with Crippen molar-refractivity contribution in [2.75, 3.05) is 25.4 Å². The highest BCUT2D eigenvalue weighted by atomic mass is 19.4. The van der Waals surface area contributed by atoms with E-state index in [0.717, 1.165) is 6.07 Å². The van der Waals surface area contributed by atoms with Gasteiger partial charge < -0.3 is 20.1 Å². The van der Waals surface area contributed by atoms with Crippen molar-refractivity contribution < 1.29 is 27.4 Å². The summed E-state index contributed by atoms with van der Waals surface area (Å²) in [5.74, 6) is 0.150. The van der Waals surface area contributed by atoms with Gasteiger partial charge in [-0.05, 0) is 45.4 Å². The van der Waals surface area contributed by atoms with E-state index in [2.05, 4.69) is 0 Å². The van der Waals surface area contributed by atoms with Crippen molar-refractivity contribution in [1.29, 1.82) is 0 Å². The summed E-state index contributed by atoms with van der Waals surface area (Å²) in [4.78, 5) is 13.6. The Bertz CT molecular complexity index is 627. The molecule has 1 aromatic rings. The molecule has 0 aromatic heterocycles. The molecule has 5 nitrogen and oxygen atoms in total. The summed E-state index contributed by atoms with van der Waals surface area (Å²) < 4.78 is 49.3. The average Bonchev–Trinajstić information content (AvgIpc) is 2.92. The van der Waals surface area contributed by atoms with Crippen LogP contribution >= 0.6 is 0 Å². The van der Waals surface area contributed by atoms with E-state index in [-0.39, 0.29) is 30.1 Å². The Morgan fingerprint density at radius 1 is 1.32 bits per heavy atom. The molecule has 0 saturated carbocycles. The largest absolute Gasteiger partial charge is 0.493 e. The van der Waals surface area contributed by atoms with Crippen LogP contribution in [-0.4, -0.2) is 36.3 Å². The Morgan fingerprint density at radius 2 is 2.00 bits per heavy atom. The van der Waals surface area contributed by atoms with Crippen molar-refractivity contribution in [2.24, 2.45) is 5.92 Å². The lowest BCUT2D eigenvalue weighted by atomic mass is 10.1. The van der Waals surface area contributed by atoms with Crippen LogP contribution in [0.5, 0.6) is 5.75 Å². The zero-order valence-corrected chi connectivity index (χ0v) is 14.5. The van der Waals surface area contributed by atoms with E-state index in [9.17, 15) is 18.0 Å². The fraction of sp³-hybridized carbons (Fsp3) is 0.588. The maximum Gasteiger partial charge on any atom is 0.418 e. The minimum absolute atomic E-state index is 0.0411. The second kappa shape index (κ2) is 7.01. The fourth-order valence-corrected chi connectivity index (χ4v) is 2.55. The topological polar surface area (TPSA) is 64.8 Å². The highest BCUT2D eigenvalue weighted by molar-refractivity contribution is 5.68. The number of rotatable bonds is 3. The maximum atomic E-state index is 12.9. The summed E-state index contributed by atoms with van der Waals surface area (Å²) in [6, 6.07) is 3.49. The normalized spacial score (nSPS) is 18.3. The number of nitrogens with zero attached hydrogens (tertiary/aromatic N) is 1. The molecule has 2 rings (SSSR count). The second-order valence-electron chi connectivity index (χ2n) is 7.14. The maximum absolute atomic E-state index is 12.9. The number of likely N-dealkylation sites (tertiary alicyclic amines) is 1. The molecular weight excluding hydrogens is 337 g/mol. The van der Waals surface area contributed by atoms with Crippen LogP contribution in [0.25, 0.3) is 0 Å². The molecule has 1 fully saturated rings. The smallest absolute Gasteiger partial charge is 0.418 e. The number of amides is 1. The lowest BCUT2D eigenvalue weighted by Gasteiger charge is -2.24. The first-order valence-electron chi connectivity index (χ1n) is 8.03. The number of hydrogen-bond donors (Lipinski definition) is 1. The Kier molecular flexibility index (Phi) is 5.39. The molecule has 25 heavy (non-hydrogen) atoms. The van der Waals surface area contributed by atoms with Gasteiger partial charge in [-0.15, -0.1) is 0 Å². The lowest BCUT2D eigenvalue weighted by Crippen LogP contribution is -2.35. The fourth-order valence-electron chi connectivity index (χ4n) is 2.55. The molecule has 1 aliphatic heterocycles. The van der Waals surface area contributed by atoms with Crippen LogP contribution in [0.1, 0.15) is 32.8 Å². The number of carbonyl (C=O) groups is 1. The highest BCUT2D eigenvalue weighted by Gasteiger charge is 2.34. The van der Waals surface area contributed by atoms with E-state index in [1.54, 1.807) is 25.7 Å². The number of ether oxygens (including phenoxy) is 2. The molecule has 8 heteroatoms. The van der Waals surface area contributed by atoms with Crippen molar-refractivity contribution in [3.63, 3.8) is 0 Å². The number of hydrogen-bond acceptors (Lipinski definition) is 4. The Hall–Kier alpha value is -2.12. The number of nitrogens with two attached hydrogens (primary N) is 1. The van der Waals surface area contributed by atoms with E-state index in [4.69, 9.17) is 15.2 Å². The molecule has 1 unspecified atom stereocenters.